The summed E-state index contributed by atoms with van der Waals surface area (Å²) >= 11 is 0. The van der Waals surface area contributed by atoms with Gasteiger partial charge in [-0.15, -0.1) is 0 Å². The van der Waals surface area contributed by atoms with E-state index in [-0.39, 0.29) is 50.1 Å². The molecule has 4 amide bonds. The van der Waals surface area contributed by atoms with Gasteiger partial charge in [-0.1, -0.05) is 61.5 Å². The molecule has 2 N–H and O–H groups in total. The summed E-state index contributed by atoms with van der Waals surface area (Å²) in [4.78, 5) is 70.2. The summed E-state index contributed by atoms with van der Waals surface area (Å²) in [6.45, 7) is 1.62. The van der Waals surface area contributed by atoms with Gasteiger partial charge in [-0.25, -0.2) is 4.39 Å². The van der Waals surface area contributed by atoms with Gasteiger partial charge >= 0.3 is 6.18 Å². The molecule has 1 heterocycles. The summed E-state index contributed by atoms with van der Waals surface area (Å²) in [5.41, 5.74) is 0.0201. The number of fused-ring (bicyclic) bond motifs is 1. The maximum Gasteiger partial charge on any atom is 0.454 e. The number of alkyl halides is 3. The van der Waals surface area contributed by atoms with Crippen molar-refractivity contribution in [2.75, 3.05) is 20.6 Å². The van der Waals surface area contributed by atoms with Crippen LogP contribution in [0.5, 0.6) is 0 Å². The third-order valence-electron chi connectivity index (χ3n) is 9.58. The van der Waals surface area contributed by atoms with Crippen LogP contribution in [0.15, 0.2) is 72.8 Å². The Morgan fingerprint density at radius 2 is 1.55 bits per heavy atom. The smallest absolute Gasteiger partial charge is 0.347 e. The molecule has 1 aliphatic heterocycles. The van der Waals surface area contributed by atoms with E-state index in [2.05, 4.69) is 10.6 Å². The first-order valence-electron chi connectivity index (χ1n) is 16.7. The van der Waals surface area contributed by atoms with Crippen molar-refractivity contribution in [2.45, 2.75) is 69.2 Å². The molecule has 0 radical (unpaired) electrons. The number of halogens is 4. The molecule has 13 heteroatoms. The molecule has 1 aliphatic carbocycles. The van der Waals surface area contributed by atoms with Crippen LogP contribution < -0.4 is 10.6 Å². The molecule has 3 aromatic carbocycles. The van der Waals surface area contributed by atoms with Gasteiger partial charge in [0.1, 0.15) is 23.4 Å². The second kappa shape index (κ2) is 15.0. The molecule has 270 valence electrons. The number of nitrogens with zero attached hydrogens (tertiary/aromatic N) is 2. The summed E-state index contributed by atoms with van der Waals surface area (Å²) in [6, 6.07) is 17.0. The number of carbonyl (C=O) groups is 5. The van der Waals surface area contributed by atoms with E-state index >= 15 is 0 Å². The average molecular weight is 709 g/mol. The number of nitrogens with one attached hydrogen (secondary N) is 2. The minimum absolute atomic E-state index is 0.140. The van der Waals surface area contributed by atoms with Gasteiger partial charge in [0.15, 0.2) is 0 Å². The number of benzene rings is 3. The van der Waals surface area contributed by atoms with Crippen LogP contribution in [0.25, 0.3) is 0 Å². The maximum atomic E-state index is 14.3. The number of likely N-dealkylation sites (N-methyl/N-ethyl adjacent to an activating group) is 1. The van der Waals surface area contributed by atoms with Gasteiger partial charge in [0.2, 0.25) is 23.6 Å². The van der Waals surface area contributed by atoms with Crippen LogP contribution in [-0.2, 0) is 44.9 Å². The fourth-order valence-electron chi connectivity index (χ4n) is 7.01. The number of hydrogen-bond acceptors (Lipinski definition) is 5. The van der Waals surface area contributed by atoms with Crippen molar-refractivity contribution >= 4 is 29.4 Å². The van der Waals surface area contributed by atoms with E-state index in [0.29, 0.717) is 6.42 Å². The van der Waals surface area contributed by atoms with E-state index in [9.17, 15) is 41.5 Å². The van der Waals surface area contributed by atoms with Crippen LogP contribution in [0.3, 0.4) is 0 Å². The zero-order valence-electron chi connectivity index (χ0n) is 28.6. The molecule has 1 saturated heterocycles. The largest absolute Gasteiger partial charge is 0.454 e. The van der Waals surface area contributed by atoms with E-state index < -0.39 is 64.6 Å². The molecule has 1 fully saturated rings. The van der Waals surface area contributed by atoms with E-state index in [1.54, 1.807) is 14.1 Å². The van der Waals surface area contributed by atoms with Gasteiger partial charge in [-0.2, -0.15) is 13.2 Å². The highest BCUT2D eigenvalue weighted by Gasteiger charge is 2.48. The predicted octanol–water partition coefficient (Wildman–Crippen LogP) is 4.21. The fourth-order valence-corrected chi connectivity index (χ4v) is 7.01. The van der Waals surface area contributed by atoms with Crippen LogP contribution >= 0.6 is 0 Å². The molecule has 5 rings (SSSR count). The summed E-state index contributed by atoms with van der Waals surface area (Å²) in [6.07, 6.45) is -4.36. The highest BCUT2D eigenvalue weighted by molar-refractivity contribution is 6.02. The molecule has 3 atom stereocenters. The van der Waals surface area contributed by atoms with Crippen molar-refractivity contribution < 1.29 is 41.5 Å². The number of rotatable bonds is 11. The Kier molecular flexibility index (Phi) is 11.0. The van der Waals surface area contributed by atoms with E-state index in [1.807, 2.05) is 54.6 Å². The van der Waals surface area contributed by atoms with E-state index in [1.165, 1.54) is 16.7 Å². The number of carbonyl (C=O) groups excluding carboxylic acids is 5. The standard InChI is InChI=1S/C38H40F4N4O5/c1-23(18-27-20-28(39)15-16-29(27)32(47)38(40,41)42)34(49)46-17-9-14-31(46)33(48)44-37(21-25-12-7-8-13-26(25)22-37)36(51)43-30(35(50)45(2)3)19-24-10-5-4-6-11-24/h4-8,10-13,15-16,20,23,30-31H,9,14,17-19,21-22H2,1-3H3,(H,43,51)(H,44,48)/t23-,30+,31+/m0/s1. The zero-order chi connectivity index (χ0) is 37.1. The van der Waals surface area contributed by atoms with Crippen LogP contribution in [-0.4, -0.2) is 83.7 Å². The summed E-state index contributed by atoms with van der Waals surface area (Å²) in [5, 5.41) is 5.86. The summed E-state index contributed by atoms with van der Waals surface area (Å²) < 4.78 is 53.9. The van der Waals surface area contributed by atoms with Crippen molar-refractivity contribution in [3.05, 3.63) is 106 Å². The first kappa shape index (κ1) is 37.2. The predicted molar refractivity (Wildman–Crippen MR) is 180 cm³/mol. The Bertz CT molecular complexity index is 1790. The summed E-state index contributed by atoms with van der Waals surface area (Å²) in [5.74, 6) is -6.05. The fraction of sp³-hybridized carbons (Fsp3) is 0.395. The second-order valence-corrected chi connectivity index (χ2v) is 13.6. The second-order valence-electron chi connectivity index (χ2n) is 13.6. The third-order valence-corrected chi connectivity index (χ3v) is 9.58. The molecule has 0 bridgehead atoms. The first-order chi connectivity index (χ1) is 24.1. The molecule has 0 aromatic heterocycles. The quantitative estimate of drug-likeness (QED) is 0.229. The topological polar surface area (TPSA) is 116 Å². The van der Waals surface area contributed by atoms with E-state index in [4.69, 9.17) is 0 Å². The summed E-state index contributed by atoms with van der Waals surface area (Å²) in [7, 11) is 3.18. The molecule has 3 aromatic rings. The van der Waals surface area contributed by atoms with Crippen molar-refractivity contribution in [1.82, 2.24) is 20.4 Å². The van der Waals surface area contributed by atoms with Crippen LogP contribution in [0.4, 0.5) is 17.6 Å². The van der Waals surface area contributed by atoms with Gasteiger partial charge in [0.25, 0.3) is 5.78 Å². The monoisotopic (exact) mass is 708 g/mol. The Hall–Kier alpha value is -5.07. The van der Waals surface area contributed by atoms with Crippen molar-refractivity contribution in [1.29, 1.82) is 0 Å². The average Bonchev–Trinajstić information content (AvgIpc) is 3.73. The van der Waals surface area contributed by atoms with E-state index in [0.717, 1.165) is 34.9 Å². The lowest BCUT2D eigenvalue weighted by atomic mass is 9.92. The molecule has 0 saturated carbocycles. The molecular weight excluding hydrogens is 668 g/mol. The number of ketones is 1. The molecular formula is C38H40F4N4O5. The Balaban J connectivity index is 1.37. The Labute approximate surface area is 293 Å². The van der Waals surface area contributed by atoms with Gasteiger partial charge in [-0.3, -0.25) is 24.0 Å². The minimum Gasteiger partial charge on any atom is -0.347 e. The van der Waals surface area contributed by atoms with Gasteiger partial charge < -0.3 is 20.4 Å². The maximum absolute atomic E-state index is 14.3. The van der Waals surface area contributed by atoms with Crippen LogP contribution in [0.2, 0.25) is 0 Å². The normalized spacial score (nSPS) is 17.6. The molecule has 0 spiro atoms. The van der Waals surface area contributed by atoms with Crippen LogP contribution in [0.1, 0.15) is 52.4 Å². The molecule has 51 heavy (non-hydrogen) atoms. The lowest BCUT2D eigenvalue weighted by molar-refractivity contribution is -0.143. The van der Waals surface area contributed by atoms with Gasteiger partial charge in [0, 0.05) is 51.4 Å². The number of amides is 4. The molecule has 0 unspecified atom stereocenters. The Morgan fingerprint density at radius 3 is 2.16 bits per heavy atom. The van der Waals surface area contributed by atoms with Crippen molar-refractivity contribution in [3.8, 4) is 0 Å². The van der Waals surface area contributed by atoms with Gasteiger partial charge in [0.05, 0.1) is 0 Å². The van der Waals surface area contributed by atoms with Crippen molar-refractivity contribution in [2.24, 2.45) is 5.92 Å². The highest BCUT2D eigenvalue weighted by atomic mass is 19.4. The van der Waals surface area contributed by atoms with Crippen LogP contribution in [0, 0.1) is 11.7 Å². The highest BCUT2D eigenvalue weighted by Crippen LogP contribution is 2.32. The zero-order valence-corrected chi connectivity index (χ0v) is 28.6. The lowest BCUT2D eigenvalue weighted by Gasteiger charge is -2.34. The number of likely N-dealkylation sites (tertiary alicyclic amines) is 1. The lowest BCUT2D eigenvalue weighted by Crippen LogP contribution is -2.65. The van der Waals surface area contributed by atoms with Gasteiger partial charge in [-0.05, 0) is 59.7 Å². The minimum atomic E-state index is -5.19. The number of Topliss-reactive ketones (excluding diaryl/α,β-unsaturated/α-hetero) is 1. The first-order valence-corrected chi connectivity index (χ1v) is 16.7. The molecule has 9 nitrogen and oxygen atoms in total. The molecule has 2 aliphatic rings. The third kappa shape index (κ3) is 8.29. The Morgan fingerprint density at radius 1 is 0.922 bits per heavy atom. The SMILES string of the molecule is C[C@@H](Cc1cc(F)ccc1C(=O)C(F)(F)F)C(=O)N1CCC[C@@H]1C(=O)NC1(C(=O)N[C@H](Cc2ccccc2)C(=O)N(C)C)Cc2ccccc2C1. The van der Waals surface area contributed by atoms with Crippen molar-refractivity contribution in [3.63, 3.8) is 0 Å². The number of hydrogen-bond donors (Lipinski definition) is 2.